The molecular weight excluding hydrogens is 609 g/mol. The molecular formula is C34H30N4O5S2. The molecule has 1 atom stereocenters. The van der Waals surface area contributed by atoms with Crippen LogP contribution in [0.2, 0.25) is 0 Å². The summed E-state index contributed by atoms with van der Waals surface area (Å²) in [4.78, 5) is 42.0. The lowest BCUT2D eigenvalue weighted by Gasteiger charge is -2.26. The summed E-state index contributed by atoms with van der Waals surface area (Å²) in [6.45, 7) is 8.20. The van der Waals surface area contributed by atoms with E-state index < -0.39 is 12.0 Å². The molecule has 0 saturated carbocycles. The lowest BCUT2D eigenvalue weighted by atomic mass is 9.93. The Labute approximate surface area is 267 Å². The van der Waals surface area contributed by atoms with Gasteiger partial charge in [0.2, 0.25) is 0 Å². The monoisotopic (exact) mass is 638 g/mol. The SMILES string of the molecule is CCOC(=O)C1=C(c2ccccc2)N=c2s/c(=C\c3ccc(Sc4nc(C)cc(C)n4)o3)c(=O)n2[C@@H]1c1ccc(OCC)cc1. The van der Waals surface area contributed by atoms with Crippen LogP contribution < -0.4 is 19.6 Å². The summed E-state index contributed by atoms with van der Waals surface area (Å²) in [5.74, 6) is 0.656. The van der Waals surface area contributed by atoms with Crippen molar-refractivity contribution in [3.63, 3.8) is 0 Å². The third-order valence-electron chi connectivity index (χ3n) is 6.91. The average molecular weight is 639 g/mol. The zero-order valence-electron chi connectivity index (χ0n) is 25.1. The first-order valence-corrected chi connectivity index (χ1v) is 16.1. The van der Waals surface area contributed by atoms with Crippen LogP contribution in [0.1, 0.15) is 48.2 Å². The predicted molar refractivity (Wildman–Crippen MR) is 173 cm³/mol. The second-order valence-corrected chi connectivity index (χ2v) is 12.1. The van der Waals surface area contributed by atoms with Gasteiger partial charge in [-0.15, -0.1) is 0 Å². The normalized spacial score (nSPS) is 14.7. The van der Waals surface area contributed by atoms with Gasteiger partial charge in [0.25, 0.3) is 5.56 Å². The molecule has 0 radical (unpaired) electrons. The van der Waals surface area contributed by atoms with Crippen LogP contribution in [0, 0.1) is 13.8 Å². The minimum Gasteiger partial charge on any atom is -0.494 e. The van der Waals surface area contributed by atoms with E-state index in [4.69, 9.17) is 18.9 Å². The zero-order valence-corrected chi connectivity index (χ0v) is 26.8. The molecule has 0 unspecified atom stereocenters. The van der Waals surface area contributed by atoms with Gasteiger partial charge in [0.05, 0.1) is 35.1 Å². The Hall–Kier alpha value is -4.74. The van der Waals surface area contributed by atoms with Crippen molar-refractivity contribution in [1.29, 1.82) is 0 Å². The van der Waals surface area contributed by atoms with Crippen molar-refractivity contribution < 1.29 is 18.7 Å². The molecule has 0 amide bonds. The van der Waals surface area contributed by atoms with Crippen molar-refractivity contribution in [3.8, 4) is 5.75 Å². The van der Waals surface area contributed by atoms with E-state index in [2.05, 4.69) is 9.97 Å². The van der Waals surface area contributed by atoms with Crippen LogP contribution in [-0.4, -0.2) is 33.7 Å². The number of ether oxygens (including phenoxy) is 2. The van der Waals surface area contributed by atoms with Gasteiger partial charge in [-0.05, 0) is 75.4 Å². The van der Waals surface area contributed by atoms with Crippen molar-refractivity contribution in [2.24, 2.45) is 4.99 Å². The summed E-state index contributed by atoms with van der Waals surface area (Å²) >= 11 is 2.55. The molecule has 0 bridgehead atoms. The molecule has 11 heteroatoms. The highest BCUT2D eigenvalue weighted by Crippen LogP contribution is 2.36. The van der Waals surface area contributed by atoms with Crippen LogP contribution in [0.15, 0.2) is 103 Å². The van der Waals surface area contributed by atoms with Crippen molar-refractivity contribution in [3.05, 3.63) is 126 Å². The molecule has 6 rings (SSSR count). The second-order valence-electron chi connectivity index (χ2n) is 10.1. The number of rotatable bonds is 9. The van der Waals surface area contributed by atoms with Gasteiger partial charge in [-0.2, -0.15) is 0 Å². The number of fused-ring (bicyclic) bond motifs is 1. The van der Waals surface area contributed by atoms with E-state index in [1.807, 2.05) is 87.5 Å². The minimum absolute atomic E-state index is 0.177. The molecule has 0 fully saturated rings. The third kappa shape index (κ3) is 6.40. The quantitative estimate of drug-likeness (QED) is 0.154. The molecule has 228 valence electrons. The van der Waals surface area contributed by atoms with Crippen LogP contribution in [0.5, 0.6) is 5.75 Å². The summed E-state index contributed by atoms with van der Waals surface area (Å²) in [6, 6.07) is 21.6. The van der Waals surface area contributed by atoms with Crippen molar-refractivity contribution >= 4 is 40.8 Å². The number of esters is 1. The molecule has 1 aliphatic rings. The summed E-state index contributed by atoms with van der Waals surface area (Å²) in [5.41, 5.74) is 3.67. The fourth-order valence-electron chi connectivity index (χ4n) is 5.09. The van der Waals surface area contributed by atoms with E-state index >= 15 is 0 Å². The first kappa shape index (κ1) is 30.3. The number of aromatic nitrogens is 3. The Kier molecular flexibility index (Phi) is 8.81. The fourth-order valence-corrected chi connectivity index (χ4v) is 6.91. The summed E-state index contributed by atoms with van der Waals surface area (Å²) in [5, 5.41) is 1.19. The predicted octanol–water partition coefficient (Wildman–Crippen LogP) is 5.49. The standard InChI is InChI=1S/C34H30N4O5S2/c1-5-41-24-14-12-23(13-15-24)30-28(32(40)42-6-2)29(22-10-8-7-9-11-22)37-34-38(30)31(39)26(44-34)19-25-16-17-27(43-25)45-33-35-20(3)18-21(4)36-33/h7-19,30H,5-6H2,1-4H3/b26-19-/t30-/m1/s1. The minimum atomic E-state index is -0.780. The first-order valence-electron chi connectivity index (χ1n) is 14.5. The van der Waals surface area contributed by atoms with Gasteiger partial charge >= 0.3 is 5.97 Å². The highest BCUT2D eigenvalue weighted by Gasteiger charge is 2.35. The number of thiazole rings is 1. The summed E-state index contributed by atoms with van der Waals surface area (Å²) < 4.78 is 19.2. The van der Waals surface area contributed by atoms with Crippen molar-refractivity contribution in [1.82, 2.24) is 14.5 Å². The molecule has 0 N–H and O–H groups in total. The van der Waals surface area contributed by atoms with E-state index in [1.165, 1.54) is 23.1 Å². The maximum Gasteiger partial charge on any atom is 0.338 e. The van der Waals surface area contributed by atoms with E-state index in [0.29, 0.717) is 43.4 Å². The van der Waals surface area contributed by atoms with Crippen molar-refractivity contribution in [2.45, 2.75) is 44.0 Å². The number of hydrogen-bond donors (Lipinski definition) is 0. The van der Waals surface area contributed by atoms with Gasteiger partial charge in [0, 0.05) is 23.0 Å². The highest BCUT2D eigenvalue weighted by molar-refractivity contribution is 7.99. The third-order valence-corrected chi connectivity index (χ3v) is 8.68. The Morgan fingerprint density at radius 2 is 1.73 bits per heavy atom. The Morgan fingerprint density at radius 3 is 2.42 bits per heavy atom. The number of nitrogens with zero attached hydrogens (tertiary/aromatic N) is 4. The second kappa shape index (κ2) is 13.1. The Bertz CT molecular complexity index is 2060. The van der Waals surface area contributed by atoms with E-state index in [-0.39, 0.29) is 17.7 Å². The fraction of sp³-hybridized carbons (Fsp3) is 0.206. The van der Waals surface area contributed by atoms with E-state index in [0.717, 1.165) is 22.5 Å². The van der Waals surface area contributed by atoms with Crippen molar-refractivity contribution in [2.75, 3.05) is 13.2 Å². The topological polar surface area (TPSA) is 109 Å². The number of carbonyl (C=O) groups is 1. The van der Waals surface area contributed by atoms with Gasteiger partial charge in [-0.3, -0.25) is 9.36 Å². The molecule has 3 aromatic heterocycles. The summed E-state index contributed by atoms with van der Waals surface area (Å²) in [6.07, 6.45) is 1.70. The molecule has 4 heterocycles. The van der Waals surface area contributed by atoms with E-state index in [9.17, 15) is 9.59 Å². The van der Waals surface area contributed by atoms with Crippen LogP contribution in [0.25, 0.3) is 11.8 Å². The number of benzene rings is 2. The molecule has 0 saturated heterocycles. The number of hydrogen-bond acceptors (Lipinski definition) is 10. The maximum atomic E-state index is 14.1. The molecule has 1 aliphatic heterocycles. The lowest BCUT2D eigenvalue weighted by molar-refractivity contribution is -0.138. The number of carbonyl (C=O) groups excluding carboxylic acids is 1. The van der Waals surface area contributed by atoms with Gasteiger partial charge < -0.3 is 13.9 Å². The van der Waals surface area contributed by atoms with E-state index in [1.54, 1.807) is 23.6 Å². The molecule has 0 spiro atoms. The summed E-state index contributed by atoms with van der Waals surface area (Å²) in [7, 11) is 0. The van der Waals surface area contributed by atoms with Gasteiger partial charge in [-0.1, -0.05) is 53.8 Å². The smallest absolute Gasteiger partial charge is 0.338 e. The molecule has 9 nitrogen and oxygen atoms in total. The first-order chi connectivity index (χ1) is 21.8. The van der Waals surface area contributed by atoms with Gasteiger partial charge in [0.1, 0.15) is 11.5 Å². The number of furan rings is 1. The molecule has 2 aromatic carbocycles. The van der Waals surface area contributed by atoms with Crippen LogP contribution in [0.3, 0.4) is 0 Å². The average Bonchev–Trinajstić information content (AvgIpc) is 3.59. The molecule has 45 heavy (non-hydrogen) atoms. The van der Waals surface area contributed by atoms with Gasteiger partial charge in [0.15, 0.2) is 15.1 Å². The number of aryl methyl sites for hydroxylation is 2. The largest absolute Gasteiger partial charge is 0.494 e. The van der Waals surface area contributed by atoms with Crippen LogP contribution in [0.4, 0.5) is 0 Å². The lowest BCUT2D eigenvalue weighted by Crippen LogP contribution is -2.40. The van der Waals surface area contributed by atoms with Crippen LogP contribution in [-0.2, 0) is 9.53 Å². The highest BCUT2D eigenvalue weighted by atomic mass is 32.2. The zero-order chi connectivity index (χ0) is 31.5. The maximum absolute atomic E-state index is 14.1. The Balaban J connectivity index is 1.49. The van der Waals surface area contributed by atoms with Gasteiger partial charge in [-0.25, -0.2) is 19.8 Å². The molecule has 0 aliphatic carbocycles. The Morgan fingerprint density at radius 1 is 1.00 bits per heavy atom. The van der Waals surface area contributed by atoms with Crippen LogP contribution >= 0.6 is 23.1 Å². The molecule has 5 aromatic rings.